The van der Waals surface area contributed by atoms with Crippen molar-refractivity contribution in [1.82, 2.24) is 10.3 Å². The molecule has 0 aliphatic heterocycles. The third-order valence-electron chi connectivity index (χ3n) is 2.12. The molecule has 1 aromatic heterocycles. The molecule has 0 atom stereocenters. The van der Waals surface area contributed by atoms with Gasteiger partial charge in [0.15, 0.2) is 0 Å². The lowest BCUT2D eigenvalue weighted by molar-refractivity contribution is 0.0941. The molecule has 1 N–H and O–H groups in total. The second kappa shape index (κ2) is 8.03. The Labute approximate surface area is 106 Å². The van der Waals surface area contributed by atoms with Crippen LogP contribution in [0.2, 0.25) is 5.02 Å². The second-order valence-electron chi connectivity index (χ2n) is 3.58. The van der Waals surface area contributed by atoms with Crippen molar-refractivity contribution in [3.05, 3.63) is 29.0 Å². The average molecular weight is 257 g/mol. The molecule has 94 valence electrons. The summed E-state index contributed by atoms with van der Waals surface area (Å²) < 4.78 is 5.31. The molecule has 5 heteroatoms. The molecular weight excluding hydrogens is 240 g/mol. The summed E-state index contributed by atoms with van der Waals surface area (Å²) in [6.45, 7) is 4.08. The number of nitrogens with zero attached hydrogens (tertiary/aromatic N) is 1. The summed E-state index contributed by atoms with van der Waals surface area (Å²) in [7, 11) is 0. The highest BCUT2D eigenvalue weighted by atomic mass is 35.5. The second-order valence-corrected chi connectivity index (χ2v) is 3.98. The van der Waals surface area contributed by atoms with Gasteiger partial charge in [0.05, 0.1) is 10.6 Å². The SMILES string of the molecule is CCCOCCCNC(=O)c1ccncc1Cl. The van der Waals surface area contributed by atoms with Gasteiger partial charge in [-0.15, -0.1) is 0 Å². The van der Waals surface area contributed by atoms with Gasteiger partial charge in [0.2, 0.25) is 0 Å². The number of nitrogens with one attached hydrogen (secondary N) is 1. The van der Waals surface area contributed by atoms with E-state index < -0.39 is 0 Å². The van der Waals surface area contributed by atoms with Crippen molar-refractivity contribution < 1.29 is 9.53 Å². The van der Waals surface area contributed by atoms with Crippen molar-refractivity contribution in [1.29, 1.82) is 0 Å². The van der Waals surface area contributed by atoms with Crippen LogP contribution in [-0.2, 0) is 4.74 Å². The van der Waals surface area contributed by atoms with E-state index in [0.717, 1.165) is 19.4 Å². The summed E-state index contributed by atoms with van der Waals surface area (Å²) in [5.41, 5.74) is 0.455. The van der Waals surface area contributed by atoms with E-state index >= 15 is 0 Å². The molecule has 0 aromatic carbocycles. The van der Waals surface area contributed by atoms with Gasteiger partial charge in [-0.05, 0) is 18.9 Å². The Morgan fingerprint density at radius 3 is 3.06 bits per heavy atom. The highest BCUT2D eigenvalue weighted by molar-refractivity contribution is 6.33. The van der Waals surface area contributed by atoms with Gasteiger partial charge in [-0.1, -0.05) is 18.5 Å². The van der Waals surface area contributed by atoms with Crippen LogP contribution in [0.4, 0.5) is 0 Å². The zero-order valence-electron chi connectivity index (χ0n) is 9.91. The molecule has 0 bridgehead atoms. The molecule has 1 aromatic rings. The molecule has 0 radical (unpaired) electrons. The highest BCUT2D eigenvalue weighted by Gasteiger charge is 2.08. The third kappa shape index (κ3) is 5.15. The van der Waals surface area contributed by atoms with Crippen LogP contribution in [0.25, 0.3) is 0 Å². The highest BCUT2D eigenvalue weighted by Crippen LogP contribution is 2.12. The van der Waals surface area contributed by atoms with Crippen molar-refractivity contribution in [3.63, 3.8) is 0 Å². The Hall–Kier alpha value is -1.13. The monoisotopic (exact) mass is 256 g/mol. The van der Waals surface area contributed by atoms with Crippen LogP contribution in [0.5, 0.6) is 0 Å². The van der Waals surface area contributed by atoms with E-state index in [1.54, 1.807) is 12.3 Å². The minimum atomic E-state index is -0.173. The van der Waals surface area contributed by atoms with Crippen LogP contribution < -0.4 is 5.32 Å². The van der Waals surface area contributed by atoms with Crippen molar-refractivity contribution in [3.8, 4) is 0 Å². The first-order valence-electron chi connectivity index (χ1n) is 5.71. The molecule has 17 heavy (non-hydrogen) atoms. The first-order chi connectivity index (χ1) is 8.25. The van der Waals surface area contributed by atoms with E-state index in [1.807, 2.05) is 0 Å². The Morgan fingerprint density at radius 2 is 2.35 bits per heavy atom. The number of carbonyl (C=O) groups excluding carboxylic acids is 1. The average Bonchev–Trinajstić information content (AvgIpc) is 2.34. The molecule has 0 unspecified atom stereocenters. The smallest absolute Gasteiger partial charge is 0.252 e. The van der Waals surface area contributed by atoms with E-state index in [-0.39, 0.29) is 5.91 Å². The molecule has 0 aliphatic rings. The number of carbonyl (C=O) groups is 1. The van der Waals surface area contributed by atoms with Gasteiger partial charge in [-0.25, -0.2) is 0 Å². The van der Waals surface area contributed by atoms with E-state index in [0.29, 0.717) is 23.7 Å². The maximum absolute atomic E-state index is 11.7. The van der Waals surface area contributed by atoms with Crippen LogP contribution in [0, 0.1) is 0 Å². The fraction of sp³-hybridized carbons (Fsp3) is 0.500. The molecule has 1 rings (SSSR count). The number of pyridine rings is 1. The van der Waals surface area contributed by atoms with Crippen molar-refractivity contribution in [2.24, 2.45) is 0 Å². The molecule has 0 spiro atoms. The predicted molar refractivity (Wildman–Crippen MR) is 67.3 cm³/mol. The zero-order chi connectivity index (χ0) is 12.5. The summed E-state index contributed by atoms with van der Waals surface area (Å²) in [5.74, 6) is -0.173. The number of hydrogen-bond acceptors (Lipinski definition) is 3. The molecular formula is C12H17ClN2O2. The van der Waals surface area contributed by atoms with Gasteiger partial charge in [0, 0.05) is 32.2 Å². The van der Waals surface area contributed by atoms with E-state index in [4.69, 9.17) is 16.3 Å². The topological polar surface area (TPSA) is 51.2 Å². The molecule has 0 saturated carbocycles. The Balaban J connectivity index is 2.24. The minimum Gasteiger partial charge on any atom is -0.381 e. The van der Waals surface area contributed by atoms with E-state index in [1.165, 1.54) is 6.20 Å². The van der Waals surface area contributed by atoms with Gasteiger partial charge in [-0.2, -0.15) is 0 Å². The first kappa shape index (κ1) is 13.9. The summed E-state index contributed by atoms with van der Waals surface area (Å²) in [6.07, 6.45) is 4.82. The van der Waals surface area contributed by atoms with Gasteiger partial charge in [0.25, 0.3) is 5.91 Å². The number of ether oxygens (including phenoxy) is 1. The maximum atomic E-state index is 11.7. The molecule has 4 nitrogen and oxygen atoms in total. The molecule has 0 aliphatic carbocycles. The zero-order valence-corrected chi connectivity index (χ0v) is 10.7. The van der Waals surface area contributed by atoms with Gasteiger partial charge in [-0.3, -0.25) is 9.78 Å². The molecule has 0 fully saturated rings. The standard InChI is InChI=1S/C12H17ClN2O2/c1-2-7-17-8-3-5-15-12(16)10-4-6-14-9-11(10)13/h4,6,9H,2-3,5,7-8H2,1H3,(H,15,16). The number of rotatable bonds is 7. The third-order valence-corrected chi connectivity index (χ3v) is 2.42. The largest absolute Gasteiger partial charge is 0.381 e. The van der Waals surface area contributed by atoms with Crippen LogP contribution in [0.3, 0.4) is 0 Å². The van der Waals surface area contributed by atoms with Gasteiger partial charge in [0.1, 0.15) is 0 Å². The molecule has 1 amide bonds. The van der Waals surface area contributed by atoms with Crippen molar-refractivity contribution in [2.45, 2.75) is 19.8 Å². The number of hydrogen-bond donors (Lipinski definition) is 1. The van der Waals surface area contributed by atoms with Crippen LogP contribution >= 0.6 is 11.6 Å². The van der Waals surface area contributed by atoms with Crippen LogP contribution in [0.15, 0.2) is 18.5 Å². The molecule has 0 saturated heterocycles. The maximum Gasteiger partial charge on any atom is 0.252 e. The quantitative estimate of drug-likeness (QED) is 0.762. The lowest BCUT2D eigenvalue weighted by atomic mass is 10.2. The molecule has 1 heterocycles. The lowest BCUT2D eigenvalue weighted by Gasteiger charge is -2.06. The Kier molecular flexibility index (Phi) is 6.58. The minimum absolute atomic E-state index is 0.173. The number of amides is 1. The van der Waals surface area contributed by atoms with Gasteiger partial charge < -0.3 is 10.1 Å². The fourth-order valence-corrected chi connectivity index (χ4v) is 1.48. The van der Waals surface area contributed by atoms with Crippen molar-refractivity contribution >= 4 is 17.5 Å². The summed E-state index contributed by atoms with van der Waals surface area (Å²) in [4.78, 5) is 15.5. The van der Waals surface area contributed by atoms with E-state index in [2.05, 4.69) is 17.2 Å². The fourth-order valence-electron chi connectivity index (χ4n) is 1.28. The first-order valence-corrected chi connectivity index (χ1v) is 6.09. The van der Waals surface area contributed by atoms with Crippen molar-refractivity contribution in [2.75, 3.05) is 19.8 Å². The summed E-state index contributed by atoms with van der Waals surface area (Å²) in [5, 5.41) is 3.15. The lowest BCUT2D eigenvalue weighted by Crippen LogP contribution is -2.25. The predicted octanol–water partition coefficient (Wildman–Crippen LogP) is 2.28. The van der Waals surface area contributed by atoms with E-state index in [9.17, 15) is 4.79 Å². The van der Waals surface area contributed by atoms with Crippen LogP contribution in [-0.4, -0.2) is 30.6 Å². The van der Waals surface area contributed by atoms with Crippen LogP contribution in [0.1, 0.15) is 30.1 Å². The Bertz CT molecular complexity index is 358. The van der Waals surface area contributed by atoms with Gasteiger partial charge >= 0.3 is 0 Å². The Morgan fingerprint density at radius 1 is 1.53 bits per heavy atom. The normalized spacial score (nSPS) is 10.2. The summed E-state index contributed by atoms with van der Waals surface area (Å²) in [6, 6.07) is 1.60. The number of aromatic nitrogens is 1. The summed E-state index contributed by atoms with van der Waals surface area (Å²) >= 11 is 5.85. The number of halogens is 1.